The number of nitrogens with one attached hydrogen (secondary N) is 1. The lowest BCUT2D eigenvalue weighted by atomic mass is 10.1. The lowest BCUT2D eigenvalue weighted by molar-refractivity contribution is -0.145. The highest BCUT2D eigenvalue weighted by atomic mass is 32.2. The number of hydrogen-bond donors (Lipinski definition) is 2. The number of benzene rings is 2. The molecule has 0 aliphatic rings. The van der Waals surface area contributed by atoms with Crippen LogP contribution in [0.25, 0.3) is 6.08 Å². The smallest absolute Gasteiger partial charge is 0.316 e. The minimum Gasteiger partial charge on any atom is -0.496 e. The normalized spacial score (nSPS) is 12.6. The van der Waals surface area contributed by atoms with Gasteiger partial charge in [-0.05, 0) is 30.2 Å². The lowest BCUT2D eigenvalue weighted by Crippen LogP contribution is -2.29. The van der Waals surface area contributed by atoms with E-state index in [1.165, 1.54) is 33.8 Å². The van der Waals surface area contributed by atoms with Crippen molar-refractivity contribution in [2.24, 2.45) is 5.92 Å². The van der Waals surface area contributed by atoms with E-state index in [4.69, 9.17) is 18.9 Å². The Morgan fingerprint density at radius 3 is 2.12 bits per heavy atom. The predicted octanol–water partition coefficient (Wildman–Crippen LogP) is 3.69. The van der Waals surface area contributed by atoms with Crippen LogP contribution in [-0.2, 0) is 26.1 Å². The molecule has 0 aliphatic heterocycles. The summed E-state index contributed by atoms with van der Waals surface area (Å²) in [6.45, 7) is 1.62. The van der Waals surface area contributed by atoms with E-state index >= 15 is 0 Å². The van der Waals surface area contributed by atoms with E-state index in [0.29, 0.717) is 39.8 Å². The van der Waals surface area contributed by atoms with Gasteiger partial charge < -0.3 is 29.4 Å². The quantitative estimate of drug-likeness (QED) is 0.431. The Morgan fingerprint density at radius 1 is 1.00 bits per heavy atom. The molecule has 0 fully saturated rings. The molecule has 0 saturated heterocycles. The Bertz CT molecular complexity index is 1060. The maximum atomic E-state index is 12.8. The van der Waals surface area contributed by atoms with Gasteiger partial charge in [0.05, 0.1) is 56.2 Å². The molecule has 0 bridgehead atoms. The Kier molecular flexibility index (Phi) is 9.93. The summed E-state index contributed by atoms with van der Waals surface area (Å²) in [4.78, 5) is 23.6. The van der Waals surface area contributed by atoms with Crippen LogP contribution in [-0.4, -0.2) is 49.6 Å². The second kappa shape index (κ2) is 12.6. The molecule has 1 amide bonds. The van der Waals surface area contributed by atoms with Crippen LogP contribution in [0, 0.1) is 5.92 Å². The molecule has 0 radical (unpaired) electrons. The van der Waals surface area contributed by atoms with Gasteiger partial charge >= 0.3 is 5.97 Å². The van der Waals surface area contributed by atoms with Crippen LogP contribution in [0.2, 0.25) is 0 Å². The first kappa shape index (κ1) is 26.7. The van der Waals surface area contributed by atoms with E-state index < -0.39 is 28.6 Å². The van der Waals surface area contributed by atoms with Gasteiger partial charge in [0.25, 0.3) is 0 Å². The summed E-state index contributed by atoms with van der Waals surface area (Å²) in [7, 11) is 4.59. The van der Waals surface area contributed by atoms with Gasteiger partial charge in [0.2, 0.25) is 5.91 Å². The molecule has 0 spiro atoms. The standard InChI is InChI=1S/C24H29NO8S/c1-6-17(24(27)28)23(26)25-19-11-15(7-8-20(19)31-3)14-34(29)10-9-18-21(32-4)12-16(30-2)13-22(18)33-5/h7-13,17H,6,14H2,1-5H3,(H,25,26)(H,27,28)/b10-9+. The molecule has 0 heterocycles. The molecular formula is C24H29NO8S. The van der Waals surface area contributed by atoms with Crippen molar-refractivity contribution in [2.75, 3.05) is 33.8 Å². The van der Waals surface area contributed by atoms with Gasteiger partial charge in [0.15, 0.2) is 0 Å². The number of methoxy groups -OCH3 is 4. The van der Waals surface area contributed by atoms with Crippen LogP contribution in [0.3, 0.4) is 0 Å². The molecule has 2 rings (SSSR count). The van der Waals surface area contributed by atoms with Gasteiger partial charge in [-0.3, -0.25) is 13.8 Å². The molecule has 10 heteroatoms. The minimum atomic E-state index is -1.42. The molecule has 2 aromatic rings. The molecule has 0 saturated carbocycles. The summed E-state index contributed by atoms with van der Waals surface area (Å²) in [5, 5.41) is 13.3. The maximum Gasteiger partial charge on any atom is 0.316 e. The molecule has 2 unspecified atom stereocenters. The van der Waals surface area contributed by atoms with Gasteiger partial charge in [-0.1, -0.05) is 13.0 Å². The molecule has 0 aromatic heterocycles. The molecular weight excluding hydrogens is 462 g/mol. The van der Waals surface area contributed by atoms with E-state index in [9.17, 15) is 18.9 Å². The van der Waals surface area contributed by atoms with E-state index in [1.807, 2.05) is 0 Å². The van der Waals surface area contributed by atoms with Crippen molar-refractivity contribution in [3.63, 3.8) is 0 Å². The number of anilines is 1. The van der Waals surface area contributed by atoms with E-state index in [0.717, 1.165) is 0 Å². The summed E-state index contributed by atoms with van der Waals surface area (Å²) in [5.74, 6) is -0.943. The van der Waals surface area contributed by atoms with Crippen LogP contribution in [0.5, 0.6) is 23.0 Å². The molecule has 9 nitrogen and oxygen atoms in total. The molecule has 184 valence electrons. The van der Waals surface area contributed by atoms with Gasteiger partial charge in [-0.2, -0.15) is 0 Å². The van der Waals surface area contributed by atoms with E-state index in [-0.39, 0.29) is 12.2 Å². The zero-order chi connectivity index (χ0) is 25.3. The summed E-state index contributed by atoms with van der Waals surface area (Å²) in [6.07, 6.45) is 1.80. The fraction of sp³-hybridized carbons (Fsp3) is 0.333. The number of carboxylic acids is 1. The second-order valence-electron chi connectivity index (χ2n) is 7.10. The van der Waals surface area contributed by atoms with Gasteiger partial charge in [-0.25, -0.2) is 0 Å². The zero-order valence-corrected chi connectivity index (χ0v) is 20.6. The highest BCUT2D eigenvalue weighted by molar-refractivity contribution is 7.87. The minimum absolute atomic E-state index is 0.149. The summed E-state index contributed by atoms with van der Waals surface area (Å²) >= 11 is 0. The van der Waals surface area contributed by atoms with Crippen molar-refractivity contribution < 1.29 is 37.9 Å². The summed E-state index contributed by atoms with van der Waals surface area (Å²) in [5.41, 5.74) is 1.58. The Balaban J connectivity index is 2.24. The number of rotatable bonds is 12. The number of carbonyl (C=O) groups excluding carboxylic acids is 1. The van der Waals surface area contributed by atoms with Crippen LogP contribution >= 0.6 is 0 Å². The van der Waals surface area contributed by atoms with Crippen molar-refractivity contribution in [2.45, 2.75) is 19.1 Å². The lowest BCUT2D eigenvalue weighted by Gasteiger charge is -2.14. The first-order chi connectivity index (χ1) is 16.3. The fourth-order valence-corrected chi connectivity index (χ4v) is 4.08. The van der Waals surface area contributed by atoms with Crippen LogP contribution in [0.15, 0.2) is 35.7 Å². The predicted molar refractivity (Wildman–Crippen MR) is 130 cm³/mol. The highest BCUT2D eigenvalue weighted by Gasteiger charge is 2.25. The van der Waals surface area contributed by atoms with Crippen LogP contribution in [0.4, 0.5) is 5.69 Å². The topological polar surface area (TPSA) is 120 Å². The van der Waals surface area contributed by atoms with Gasteiger partial charge in [-0.15, -0.1) is 0 Å². The molecule has 34 heavy (non-hydrogen) atoms. The molecule has 2 aromatic carbocycles. The number of aliphatic carboxylic acids is 1. The van der Waals surface area contributed by atoms with Gasteiger partial charge in [0.1, 0.15) is 28.9 Å². The molecule has 0 aliphatic carbocycles. The van der Waals surface area contributed by atoms with Crippen molar-refractivity contribution in [3.8, 4) is 23.0 Å². The van der Waals surface area contributed by atoms with E-state index in [1.54, 1.807) is 43.3 Å². The Hall–Kier alpha value is -3.53. The number of ether oxygens (including phenoxy) is 4. The van der Waals surface area contributed by atoms with Crippen LogP contribution in [0.1, 0.15) is 24.5 Å². The Morgan fingerprint density at radius 2 is 1.62 bits per heavy atom. The van der Waals surface area contributed by atoms with Crippen molar-refractivity contribution in [1.29, 1.82) is 0 Å². The third kappa shape index (κ3) is 6.74. The summed E-state index contributed by atoms with van der Waals surface area (Å²) in [6, 6.07) is 8.37. The zero-order valence-electron chi connectivity index (χ0n) is 19.7. The Labute approximate surface area is 201 Å². The molecule has 2 atom stereocenters. The number of amides is 1. The molecule has 2 N–H and O–H groups in total. The average molecular weight is 492 g/mol. The third-order valence-corrected chi connectivity index (χ3v) is 6.05. The van der Waals surface area contributed by atoms with Crippen molar-refractivity contribution in [3.05, 3.63) is 46.9 Å². The first-order valence-corrected chi connectivity index (χ1v) is 11.7. The average Bonchev–Trinajstić information content (AvgIpc) is 2.82. The number of carboxylic acid groups (broad SMARTS) is 1. The number of carbonyl (C=O) groups is 2. The maximum absolute atomic E-state index is 12.8. The third-order valence-electron chi connectivity index (χ3n) is 4.99. The summed E-state index contributed by atoms with van der Waals surface area (Å²) < 4.78 is 34.1. The largest absolute Gasteiger partial charge is 0.496 e. The second-order valence-corrected chi connectivity index (χ2v) is 8.42. The SMILES string of the molecule is CCC(C(=O)O)C(=O)Nc1cc(CS(=O)/C=C/c2c(OC)cc(OC)cc2OC)ccc1OC. The fourth-order valence-electron chi connectivity index (χ4n) is 3.19. The van der Waals surface area contributed by atoms with Crippen molar-refractivity contribution >= 4 is 34.4 Å². The van der Waals surface area contributed by atoms with E-state index in [2.05, 4.69) is 5.32 Å². The van der Waals surface area contributed by atoms with Gasteiger partial charge in [0, 0.05) is 17.5 Å². The van der Waals surface area contributed by atoms with Crippen molar-refractivity contribution in [1.82, 2.24) is 0 Å². The highest BCUT2D eigenvalue weighted by Crippen LogP contribution is 2.35. The first-order valence-electron chi connectivity index (χ1n) is 10.3. The monoisotopic (exact) mass is 491 g/mol. The number of hydrogen-bond acceptors (Lipinski definition) is 7. The van der Waals surface area contributed by atoms with Crippen LogP contribution < -0.4 is 24.3 Å².